The van der Waals surface area contributed by atoms with E-state index in [-0.39, 0.29) is 5.91 Å². The normalized spacial score (nSPS) is 11.0. The topological polar surface area (TPSA) is 43.3 Å². The molecular weight excluding hydrogens is 440 g/mol. The zero-order chi connectivity index (χ0) is 21.3. The second kappa shape index (κ2) is 11.2. The number of nitrogens with one attached hydrogen (secondary N) is 1. The molecule has 0 bridgehead atoms. The minimum Gasteiger partial charge on any atom is -0.494 e. The maximum Gasteiger partial charge on any atom is 0.219 e. The molecule has 3 rings (SSSR count). The van der Waals surface area contributed by atoms with Crippen molar-refractivity contribution < 1.29 is 9.53 Å². The van der Waals surface area contributed by atoms with Crippen LogP contribution in [0.2, 0.25) is 0 Å². The first kappa shape index (κ1) is 22.4. The van der Waals surface area contributed by atoms with E-state index in [1.807, 2.05) is 19.9 Å². The molecule has 30 heavy (non-hydrogen) atoms. The van der Waals surface area contributed by atoms with Gasteiger partial charge in [0.25, 0.3) is 0 Å². The SMILES string of the molecule is CCCC(=O)NCCc1cn(CCCc2ccccc2Br)c2ccc(OCC)cc12. The summed E-state index contributed by atoms with van der Waals surface area (Å²) >= 11 is 3.65. The molecule has 160 valence electrons. The maximum absolute atomic E-state index is 11.8. The Morgan fingerprint density at radius 2 is 1.93 bits per heavy atom. The van der Waals surface area contributed by atoms with E-state index in [9.17, 15) is 4.79 Å². The molecule has 2 aromatic carbocycles. The molecule has 0 atom stereocenters. The molecule has 0 unspecified atom stereocenters. The van der Waals surface area contributed by atoms with Gasteiger partial charge < -0.3 is 14.6 Å². The lowest BCUT2D eigenvalue weighted by molar-refractivity contribution is -0.121. The van der Waals surface area contributed by atoms with Crippen molar-refractivity contribution in [2.24, 2.45) is 0 Å². The number of carbonyl (C=O) groups excluding carboxylic acids is 1. The van der Waals surface area contributed by atoms with Gasteiger partial charge in [0, 0.05) is 41.1 Å². The predicted molar refractivity (Wildman–Crippen MR) is 127 cm³/mol. The fraction of sp³-hybridized carbons (Fsp3) is 0.400. The Morgan fingerprint density at radius 1 is 1.10 bits per heavy atom. The highest BCUT2D eigenvalue weighted by molar-refractivity contribution is 9.10. The number of hydrogen-bond acceptors (Lipinski definition) is 2. The molecule has 0 aliphatic heterocycles. The van der Waals surface area contributed by atoms with Crippen LogP contribution >= 0.6 is 15.9 Å². The average Bonchev–Trinajstić information content (AvgIpc) is 3.07. The Hall–Kier alpha value is -2.27. The summed E-state index contributed by atoms with van der Waals surface area (Å²) in [7, 11) is 0. The summed E-state index contributed by atoms with van der Waals surface area (Å²) < 4.78 is 9.23. The third-order valence-electron chi connectivity index (χ3n) is 5.24. The van der Waals surface area contributed by atoms with E-state index in [0.29, 0.717) is 19.6 Å². The molecule has 4 nitrogen and oxygen atoms in total. The first-order chi connectivity index (χ1) is 14.6. The van der Waals surface area contributed by atoms with E-state index in [1.165, 1.54) is 26.5 Å². The molecule has 1 aromatic heterocycles. The van der Waals surface area contributed by atoms with E-state index in [2.05, 4.69) is 68.4 Å². The highest BCUT2D eigenvalue weighted by Gasteiger charge is 2.11. The number of rotatable bonds is 11. The Morgan fingerprint density at radius 3 is 2.70 bits per heavy atom. The van der Waals surface area contributed by atoms with Crippen LogP contribution in [-0.4, -0.2) is 23.6 Å². The van der Waals surface area contributed by atoms with Crippen LogP contribution in [0.3, 0.4) is 0 Å². The maximum atomic E-state index is 11.8. The lowest BCUT2D eigenvalue weighted by Gasteiger charge is -2.08. The van der Waals surface area contributed by atoms with Gasteiger partial charge in [-0.2, -0.15) is 0 Å². The average molecular weight is 471 g/mol. The van der Waals surface area contributed by atoms with Crippen LogP contribution in [0.4, 0.5) is 0 Å². The van der Waals surface area contributed by atoms with Gasteiger partial charge in [0.15, 0.2) is 0 Å². The highest BCUT2D eigenvalue weighted by Crippen LogP contribution is 2.27. The molecule has 1 heterocycles. The fourth-order valence-electron chi connectivity index (χ4n) is 3.78. The molecular formula is C25H31BrN2O2. The van der Waals surface area contributed by atoms with E-state index in [4.69, 9.17) is 4.74 Å². The Balaban J connectivity index is 1.74. The zero-order valence-corrected chi connectivity index (χ0v) is 19.5. The van der Waals surface area contributed by atoms with Crippen molar-refractivity contribution in [3.63, 3.8) is 0 Å². The monoisotopic (exact) mass is 470 g/mol. The number of amides is 1. The number of aryl methyl sites for hydroxylation is 2. The molecule has 0 fully saturated rings. The molecule has 1 amide bonds. The molecule has 0 aliphatic carbocycles. The van der Waals surface area contributed by atoms with Gasteiger partial charge in [-0.25, -0.2) is 0 Å². The minimum atomic E-state index is 0.129. The van der Waals surface area contributed by atoms with Crippen molar-refractivity contribution in [3.8, 4) is 5.75 Å². The molecule has 0 saturated heterocycles. The van der Waals surface area contributed by atoms with E-state index < -0.39 is 0 Å². The van der Waals surface area contributed by atoms with Gasteiger partial charge in [0.1, 0.15) is 5.75 Å². The number of hydrogen-bond donors (Lipinski definition) is 1. The highest BCUT2D eigenvalue weighted by atomic mass is 79.9. The number of fused-ring (bicyclic) bond motifs is 1. The number of halogens is 1. The lowest BCUT2D eigenvalue weighted by atomic mass is 10.1. The fourth-order valence-corrected chi connectivity index (χ4v) is 4.27. The largest absolute Gasteiger partial charge is 0.494 e. The van der Waals surface area contributed by atoms with Crippen molar-refractivity contribution in [1.82, 2.24) is 9.88 Å². The third kappa shape index (κ3) is 5.88. The molecule has 0 radical (unpaired) electrons. The van der Waals surface area contributed by atoms with Crippen LogP contribution in [0.5, 0.6) is 5.75 Å². The summed E-state index contributed by atoms with van der Waals surface area (Å²) in [5.41, 5.74) is 3.82. The summed E-state index contributed by atoms with van der Waals surface area (Å²) in [5.74, 6) is 1.02. The number of ether oxygens (including phenoxy) is 1. The number of benzene rings is 2. The summed E-state index contributed by atoms with van der Waals surface area (Å²) in [6.07, 6.45) is 6.61. The van der Waals surface area contributed by atoms with Gasteiger partial charge in [-0.3, -0.25) is 4.79 Å². The third-order valence-corrected chi connectivity index (χ3v) is 6.02. The Bertz CT molecular complexity index is 980. The van der Waals surface area contributed by atoms with Crippen molar-refractivity contribution >= 4 is 32.7 Å². The first-order valence-electron chi connectivity index (χ1n) is 10.9. The second-order valence-corrected chi connectivity index (χ2v) is 8.36. The molecule has 0 saturated carbocycles. The van der Waals surface area contributed by atoms with Crippen molar-refractivity contribution in [2.75, 3.05) is 13.2 Å². The van der Waals surface area contributed by atoms with E-state index in [1.54, 1.807) is 0 Å². The molecule has 0 aliphatic rings. The second-order valence-electron chi connectivity index (χ2n) is 7.50. The summed E-state index contributed by atoms with van der Waals surface area (Å²) in [4.78, 5) is 11.8. The summed E-state index contributed by atoms with van der Waals surface area (Å²) in [6, 6.07) is 14.7. The Kier molecular flexibility index (Phi) is 8.38. The van der Waals surface area contributed by atoms with Crippen LogP contribution < -0.4 is 10.1 Å². The van der Waals surface area contributed by atoms with Gasteiger partial charge in [0.05, 0.1) is 6.61 Å². The number of aromatic nitrogens is 1. The van der Waals surface area contributed by atoms with Crippen LogP contribution in [0.25, 0.3) is 10.9 Å². The quantitative estimate of drug-likeness (QED) is 0.379. The van der Waals surface area contributed by atoms with E-state index in [0.717, 1.165) is 38.0 Å². The molecule has 5 heteroatoms. The summed E-state index contributed by atoms with van der Waals surface area (Å²) in [5, 5.41) is 4.25. The number of carbonyl (C=O) groups is 1. The summed E-state index contributed by atoms with van der Waals surface area (Å²) in [6.45, 7) is 6.29. The molecule has 1 N–H and O–H groups in total. The van der Waals surface area contributed by atoms with Gasteiger partial charge >= 0.3 is 0 Å². The van der Waals surface area contributed by atoms with Gasteiger partial charge in [-0.1, -0.05) is 41.1 Å². The predicted octanol–water partition coefficient (Wildman–Crippen LogP) is 5.89. The number of nitrogens with zero attached hydrogens (tertiary/aromatic N) is 1. The van der Waals surface area contributed by atoms with Crippen LogP contribution in [-0.2, 0) is 24.2 Å². The first-order valence-corrected chi connectivity index (χ1v) is 11.7. The van der Waals surface area contributed by atoms with Crippen molar-refractivity contribution in [1.29, 1.82) is 0 Å². The minimum absolute atomic E-state index is 0.129. The van der Waals surface area contributed by atoms with E-state index >= 15 is 0 Å². The lowest BCUT2D eigenvalue weighted by Crippen LogP contribution is -2.25. The van der Waals surface area contributed by atoms with Crippen molar-refractivity contribution in [2.45, 2.75) is 52.5 Å². The molecule has 3 aromatic rings. The van der Waals surface area contributed by atoms with Crippen LogP contribution in [0.15, 0.2) is 53.1 Å². The van der Waals surface area contributed by atoms with Crippen LogP contribution in [0.1, 0.15) is 44.2 Å². The van der Waals surface area contributed by atoms with Gasteiger partial charge in [-0.15, -0.1) is 0 Å². The Labute approximate surface area is 187 Å². The smallest absolute Gasteiger partial charge is 0.219 e. The van der Waals surface area contributed by atoms with Crippen molar-refractivity contribution in [3.05, 3.63) is 64.3 Å². The van der Waals surface area contributed by atoms with Crippen LogP contribution in [0, 0.1) is 0 Å². The van der Waals surface area contributed by atoms with Gasteiger partial charge in [0.2, 0.25) is 5.91 Å². The molecule has 0 spiro atoms. The van der Waals surface area contributed by atoms with Gasteiger partial charge in [-0.05, 0) is 68.0 Å². The standard InChI is InChI=1S/C25H31BrN2O2/c1-3-8-25(29)27-15-14-20-18-28(16-7-10-19-9-5-6-11-23(19)26)24-13-12-21(30-4-2)17-22(20)24/h5-6,9,11-13,17-18H,3-4,7-8,10,14-16H2,1-2H3,(H,27,29). The zero-order valence-electron chi connectivity index (χ0n) is 17.9.